The second kappa shape index (κ2) is 6.24. The summed E-state index contributed by atoms with van der Waals surface area (Å²) in [5.41, 5.74) is 5.71. The molecule has 0 bridgehead atoms. The van der Waals surface area contributed by atoms with Gasteiger partial charge in [-0.1, -0.05) is 32.6 Å². The van der Waals surface area contributed by atoms with E-state index < -0.39 is 0 Å². The molecular weight excluding hydrogens is 200 g/mol. The summed E-state index contributed by atoms with van der Waals surface area (Å²) in [5.74, 6) is 1.82. The monoisotopic (exact) mass is 226 g/mol. The number of hydrogen-bond donors (Lipinski definition) is 1. The molecular formula is C13H26N2O. The van der Waals surface area contributed by atoms with Crippen LogP contribution in [0.1, 0.15) is 39.0 Å². The molecule has 1 aliphatic rings. The lowest BCUT2D eigenvalue weighted by atomic mass is 9.78. The third kappa shape index (κ3) is 3.78. The van der Waals surface area contributed by atoms with E-state index in [4.69, 9.17) is 5.73 Å². The van der Waals surface area contributed by atoms with Crippen LogP contribution in [0.25, 0.3) is 0 Å². The zero-order valence-electron chi connectivity index (χ0n) is 10.9. The molecule has 1 unspecified atom stereocenters. The summed E-state index contributed by atoms with van der Waals surface area (Å²) in [6, 6.07) is 0. The standard InChI is InChI=1S/C13H26N2O/c1-10-4-6-11(7-5-10)8-12(9-14)13(16)15(2)3/h10-12H,4-9,14H2,1-3H3. The number of carbonyl (C=O) groups excluding carboxylic acids is 1. The third-order valence-electron chi connectivity index (χ3n) is 3.83. The maximum atomic E-state index is 11.9. The van der Waals surface area contributed by atoms with Crippen molar-refractivity contribution < 1.29 is 4.79 Å². The van der Waals surface area contributed by atoms with Gasteiger partial charge in [0.1, 0.15) is 0 Å². The van der Waals surface area contributed by atoms with E-state index in [1.165, 1.54) is 25.7 Å². The topological polar surface area (TPSA) is 46.3 Å². The van der Waals surface area contributed by atoms with Gasteiger partial charge in [-0.2, -0.15) is 0 Å². The van der Waals surface area contributed by atoms with Gasteiger partial charge in [0.25, 0.3) is 0 Å². The molecule has 3 heteroatoms. The van der Waals surface area contributed by atoms with Gasteiger partial charge in [0.05, 0.1) is 5.92 Å². The first-order valence-corrected chi connectivity index (χ1v) is 6.45. The van der Waals surface area contributed by atoms with Gasteiger partial charge in [0.2, 0.25) is 5.91 Å². The lowest BCUT2D eigenvalue weighted by Gasteiger charge is -2.29. The Bertz CT molecular complexity index is 220. The Labute approximate surface area is 99.4 Å². The summed E-state index contributed by atoms with van der Waals surface area (Å²) in [6.07, 6.45) is 6.17. The van der Waals surface area contributed by atoms with E-state index in [9.17, 15) is 4.79 Å². The maximum Gasteiger partial charge on any atom is 0.226 e. The van der Waals surface area contributed by atoms with Crippen molar-refractivity contribution in [3.05, 3.63) is 0 Å². The van der Waals surface area contributed by atoms with Gasteiger partial charge in [0, 0.05) is 20.6 Å². The van der Waals surface area contributed by atoms with Gasteiger partial charge in [-0.25, -0.2) is 0 Å². The predicted octanol–water partition coefficient (Wildman–Crippen LogP) is 1.87. The second-order valence-corrected chi connectivity index (χ2v) is 5.53. The van der Waals surface area contributed by atoms with Crippen LogP contribution in [0, 0.1) is 17.8 Å². The fourth-order valence-electron chi connectivity index (χ4n) is 2.63. The van der Waals surface area contributed by atoms with Crippen LogP contribution >= 0.6 is 0 Å². The van der Waals surface area contributed by atoms with Crippen molar-refractivity contribution in [2.75, 3.05) is 20.6 Å². The minimum atomic E-state index is 0.0356. The SMILES string of the molecule is CC1CCC(CC(CN)C(=O)N(C)C)CC1. The van der Waals surface area contributed by atoms with E-state index in [0.29, 0.717) is 12.5 Å². The molecule has 2 N–H and O–H groups in total. The summed E-state index contributed by atoms with van der Waals surface area (Å²) >= 11 is 0. The molecule has 1 saturated carbocycles. The van der Waals surface area contributed by atoms with Crippen LogP contribution < -0.4 is 5.73 Å². The minimum absolute atomic E-state index is 0.0356. The highest BCUT2D eigenvalue weighted by molar-refractivity contribution is 5.78. The zero-order chi connectivity index (χ0) is 12.1. The average Bonchev–Trinajstić information content (AvgIpc) is 2.27. The molecule has 0 aromatic rings. The molecule has 0 saturated heterocycles. The smallest absolute Gasteiger partial charge is 0.226 e. The summed E-state index contributed by atoms with van der Waals surface area (Å²) in [7, 11) is 3.63. The molecule has 0 radical (unpaired) electrons. The molecule has 0 aliphatic heterocycles. The normalized spacial score (nSPS) is 27.5. The van der Waals surface area contributed by atoms with Gasteiger partial charge in [-0.3, -0.25) is 4.79 Å². The summed E-state index contributed by atoms with van der Waals surface area (Å²) in [6.45, 7) is 2.81. The summed E-state index contributed by atoms with van der Waals surface area (Å²) in [4.78, 5) is 13.5. The van der Waals surface area contributed by atoms with E-state index in [0.717, 1.165) is 12.3 Å². The number of nitrogens with two attached hydrogens (primary N) is 1. The Morgan fingerprint density at radius 3 is 2.31 bits per heavy atom. The highest BCUT2D eigenvalue weighted by Crippen LogP contribution is 2.32. The highest BCUT2D eigenvalue weighted by atomic mass is 16.2. The second-order valence-electron chi connectivity index (χ2n) is 5.53. The Morgan fingerprint density at radius 1 is 1.31 bits per heavy atom. The molecule has 0 spiro atoms. The largest absolute Gasteiger partial charge is 0.349 e. The first-order valence-electron chi connectivity index (χ1n) is 6.45. The van der Waals surface area contributed by atoms with Crippen molar-refractivity contribution in [2.24, 2.45) is 23.5 Å². The lowest BCUT2D eigenvalue weighted by Crippen LogP contribution is -2.35. The Morgan fingerprint density at radius 2 is 1.88 bits per heavy atom. The van der Waals surface area contributed by atoms with E-state index in [1.54, 1.807) is 4.90 Å². The number of hydrogen-bond acceptors (Lipinski definition) is 2. The Balaban J connectivity index is 2.41. The zero-order valence-corrected chi connectivity index (χ0v) is 10.9. The van der Waals surface area contributed by atoms with E-state index in [-0.39, 0.29) is 11.8 Å². The molecule has 0 heterocycles. The van der Waals surface area contributed by atoms with Crippen molar-refractivity contribution in [1.29, 1.82) is 0 Å². The van der Waals surface area contributed by atoms with Crippen LogP contribution in [0.3, 0.4) is 0 Å². The van der Waals surface area contributed by atoms with Gasteiger partial charge in [0.15, 0.2) is 0 Å². The maximum absolute atomic E-state index is 11.9. The third-order valence-corrected chi connectivity index (χ3v) is 3.83. The molecule has 0 aromatic carbocycles. The minimum Gasteiger partial charge on any atom is -0.349 e. The molecule has 1 fully saturated rings. The molecule has 16 heavy (non-hydrogen) atoms. The number of rotatable bonds is 4. The predicted molar refractivity (Wildman–Crippen MR) is 67.0 cm³/mol. The summed E-state index contributed by atoms with van der Waals surface area (Å²) < 4.78 is 0. The highest BCUT2D eigenvalue weighted by Gasteiger charge is 2.25. The Kier molecular flexibility index (Phi) is 5.26. The quantitative estimate of drug-likeness (QED) is 0.795. The van der Waals surface area contributed by atoms with Crippen LogP contribution in [0.15, 0.2) is 0 Å². The molecule has 1 atom stereocenters. The van der Waals surface area contributed by atoms with E-state index in [2.05, 4.69) is 6.92 Å². The van der Waals surface area contributed by atoms with Crippen LogP contribution in [-0.4, -0.2) is 31.4 Å². The average molecular weight is 226 g/mol. The summed E-state index contributed by atoms with van der Waals surface area (Å²) in [5, 5.41) is 0. The lowest BCUT2D eigenvalue weighted by molar-refractivity contribution is -0.133. The molecule has 1 aliphatic carbocycles. The number of amides is 1. The fourth-order valence-corrected chi connectivity index (χ4v) is 2.63. The van der Waals surface area contributed by atoms with Gasteiger partial charge >= 0.3 is 0 Å². The van der Waals surface area contributed by atoms with Crippen LogP contribution in [0.2, 0.25) is 0 Å². The Hall–Kier alpha value is -0.570. The fraction of sp³-hybridized carbons (Fsp3) is 0.923. The molecule has 0 aromatic heterocycles. The van der Waals surface area contributed by atoms with Gasteiger partial charge in [-0.15, -0.1) is 0 Å². The first-order chi connectivity index (χ1) is 7.54. The van der Waals surface area contributed by atoms with Crippen molar-refractivity contribution in [2.45, 2.75) is 39.0 Å². The van der Waals surface area contributed by atoms with E-state index in [1.807, 2.05) is 14.1 Å². The molecule has 1 amide bonds. The van der Waals surface area contributed by atoms with Crippen LogP contribution in [0.4, 0.5) is 0 Å². The first kappa shape index (κ1) is 13.5. The molecule has 94 valence electrons. The van der Waals surface area contributed by atoms with Crippen molar-refractivity contribution in [3.63, 3.8) is 0 Å². The van der Waals surface area contributed by atoms with Crippen molar-refractivity contribution in [3.8, 4) is 0 Å². The number of nitrogens with zero attached hydrogens (tertiary/aromatic N) is 1. The van der Waals surface area contributed by atoms with Crippen molar-refractivity contribution in [1.82, 2.24) is 4.90 Å². The van der Waals surface area contributed by atoms with Gasteiger partial charge < -0.3 is 10.6 Å². The van der Waals surface area contributed by atoms with E-state index >= 15 is 0 Å². The molecule has 1 rings (SSSR count). The molecule has 3 nitrogen and oxygen atoms in total. The van der Waals surface area contributed by atoms with Crippen molar-refractivity contribution >= 4 is 5.91 Å². The number of carbonyl (C=O) groups is 1. The van der Waals surface area contributed by atoms with Crippen LogP contribution in [0.5, 0.6) is 0 Å². The van der Waals surface area contributed by atoms with Crippen LogP contribution in [-0.2, 0) is 4.79 Å². The van der Waals surface area contributed by atoms with Gasteiger partial charge in [-0.05, 0) is 18.3 Å².